The van der Waals surface area contributed by atoms with Gasteiger partial charge in [-0.3, -0.25) is 9.59 Å². The van der Waals surface area contributed by atoms with Gasteiger partial charge >= 0.3 is 0 Å². The molecule has 0 aliphatic carbocycles. The molecule has 1 aromatic heterocycles. The first kappa shape index (κ1) is 12.1. The SMILES string of the molecule is C[C@@H](NC(=O)c1cc[nH]c(=O)c1)c1ccccc1. The number of hydrogen-bond acceptors (Lipinski definition) is 2. The van der Waals surface area contributed by atoms with Crippen molar-refractivity contribution in [1.29, 1.82) is 0 Å². The molecule has 0 radical (unpaired) electrons. The zero-order valence-corrected chi connectivity index (χ0v) is 10.0. The molecule has 1 aromatic carbocycles. The van der Waals surface area contributed by atoms with Gasteiger partial charge in [-0.25, -0.2) is 0 Å². The summed E-state index contributed by atoms with van der Waals surface area (Å²) in [5, 5.41) is 2.85. The molecule has 0 fully saturated rings. The third kappa shape index (κ3) is 2.85. The van der Waals surface area contributed by atoms with Gasteiger partial charge in [-0.2, -0.15) is 0 Å². The van der Waals surface area contributed by atoms with Gasteiger partial charge in [0.15, 0.2) is 0 Å². The number of rotatable bonds is 3. The van der Waals surface area contributed by atoms with Gasteiger partial charge in [0.2, 0.25) is 5.56 Å². The van der Waals surface area contributed by atoms with Gasteiger partial charge in [-0.05, 0) is 18.6 Å². The number of nitrogens with one attached hydrogen (secondary N) is 2. The molecule has 2 N–H and O–H groups in total. The lowest BCUT2D eigenvalue weighted by atomic mass is 10.1. The number of carbonyl (C=O) groups excluding carboxylic acids is 1. The molecule has 4 nitrogen and oxygen atoms in total. The van der Waals surface area contributed by atoms with Crippen molar-refractivity contribution in [3.63, 3.8) is 0 Å². The summed E-state index contributed by atoms with van der Waals surface area (Å²) in [6.07, 6.45) is 1.46. The van der Waals surface area contributed by atoms with Crippen molar-refractivity contribution >= 4 is 5.91 Å². The Labute approximate surface area is 105 Å². The Balaban J connectivity index is 2.11. The minimum absolute atomic E-state index is 0.0991. The quantitative estimate of drug-likeness (QED) is 0.863. The van der Waals surface area contributed by atoms with E-state index in [2.05, 4.69) is 10.3 Å². The average Bonchev–Trinajstić information content (AvgIpc) is 2.39. The first-order valence-corrected chi connectivity index (χ1v) is 5.71. The minimum Gasteiger partial charge on any atom is -0.346 e. The lowest BCUT2D eigenvalue weighted by Gasteiger charge is -2.14. The van der Waals surface area contributed by atoms with E-state index >= 15 is 0 Å². The van der Waals surface area contributed by atoms with Crippen LogP contribution in [0.3, 0.4) is 0 Å². The van der Waals surface area contributed by atoms with Crippen molar-refractivity contribution in [3.8, 4) is 0 Å². The Morgan fingerprint density at radius 1 is 1.22 bits per heavy atom. The molecule has 1 atom stereocenters. The van der Waals surface area contributed by atoms with Crippen LogP contribution in [0.4, 0.5) is 0 Å². The molecule has 0 spiro atoms. The van der Waals surface area contributed by atoms with Crippen molar-refractivity contribution in [2.24, 2.45) is 0 Å². The Bertz CT molecular complexity index is 590. The van der Waals surface area contributed by atoms with E-state index in [1.165, 1.54) is 12.3 Å². The highest BCUT2D eigenvalue weighted by molar-refractivity contribution is 5.94. The molecule has 0 unspecified atom stereocenters. The lowest BCUT2D eigenvalue weighted by Crippen LogP contribution is -2.27. The van der Waals surface area contributed by atoms with Gasteiger partial charge in [-0.1, -0.05) is 30.3 Å². The van der Waals surface area contributed by atoms with Crippen LogP contribution < -0.4 is 10.9 Å². The van der Waals surface area contributed by atoms with Crippen molar-refractivity contribution in [3.05, 3.63) is 70.1 Å². The standard InChI is InChI=1S/C14H14N2O2/c1-10(11-5-3-2-4-6-11)16-14(18)12-7-8-15-13(17)9-12/h2-10H,1H3,(H,15,17)(H,16,18)/t10-/m1/s1. The summed E-state index contributed by atoms with van der Waals surface area (Å²) in [4.78, 5) is 25.5. The Morgan fingerprint density at radius 3 is 2.61 bits per heavy atom. The number of pyridine rings is 1. The number of hydrogen-bond donors (Lipinski definition) is 2. The molecule has 4 heteroatoms. The highest BCUT2D eigenvalue weighted by Crippen LogP contribution is 2.11. The fourth-order valence-electron chi connectivity index (χ4n) is 1.69. The van der Waals surface area contributed by atoms with Crippen molar-refractivity contribution < 1.29 is 4.79 Å². The summed E-state index contributed by atoms with van der Waals surface area (Å²) in [5.41, 5.74) is 1.10. The fourth-order valence-corrected chi connectivity index (χ4v) is 1.69. The Kier molecular flexibility index (Phi) is 3.57. The summed E-state index contributed by atoms with van der Waals surface area (Å²) in [5.74, 6) is -0.252. The number of benzene rings is 1. The smallest absolute Gasteiger partial charge is 0.252 e. The van der Waals surface area contributed by atoms with Crippen molar-refractivity contribution in [2.45, 2.75) is 13.0 Å². The average molecular weight is 242 g/mol. The van der Waals surface area contributed by atoms with Crippen LogP contribution >= 0.6 is 0 Å². The van der Waals surface area contributed by atoms with E-state index in [0.717, 1.165) is 5.56 Å². The molecule has 2 aromatic rings. The highest BCUT2D eigenvalue weighted by Gasteiger charge is 2.11. The topological polar surface area (TPSA) is 62.0 Å². The van der Waals surface area contributed by atoms with Crippen LogP contribution in [0.25, 0.3) is 0 Å². The molecule has 0 aliphatic rings. The zero-order valence-electron chi connectivity index (χ0n) is 10.0. The second-order valence-corrected chi connectivity index (χ2v) is 4.05. The summed E-state index contributed by atoms with van der Waals surface area (Å²) in [7, 11) is 0. The van der Waals surface area contributed by atoms with Crippen molar-refractivity contribution in [1.82, 2.24) is 10.3 Å². The molecule has 92 valence electrons. The van der Waals surface area contributed by atoms with Gasteiger partial charge < -0.3 is 10.3 Å². The third-order valence-electron chi connectivity index (χ3n) is 2.68. The van der Waals surface area contributed by atoms with Crippen LogP contribution in [0.15, 0.2) is 53.5 Å². The van der Waals surface area contributed by atoms with Crippen LogP contribution in [-0.4, -0.2) is 10.9 Å². The number of H-pyrrole nitrogens is 1. The second-order valence-electron chi connectivity index (χ2n) is 4.05. The molecule has 0 bridgehead atoms. The van der Waals surface area contributed by atoms with Crippen LogP contribution in [-0.2, 0) is 0 Å². The number of amides is 1. The largest absolute Gasteiger partial charge is 0.346 e. The fraction of sp³-hybridized carbons (Fsp3) is 0.143. The summed E-state index contributed by atoms with van der Waals surface area (Å²) < 4.78 is 0. The van der Waals surface area contributed by atoms with Gasteiger partial charge in [0.05, 0.1) is 6.04 Å². The van der Waals surface area contributed by atoms with E-state index in [-0.39, 0.29) is 17.5 Å². The molecule has 0 aliphatic heterocycles. The third-order valence-corrected chi connectivity index (χ3v) is 2.68. The molecular weight excluding hydrogens is 228 g/mol. The Hall–Kier alpha value is -2.36. The van der Waals surface area contributed by atoms with Crippen LogP contribution in [0.2, 0.25) is 0 Å². The van der Waals surface area contributed by atoms with Crippen LogP contribution in [0.1, 0.15) is 28.9 Å². The normalized spacial score (nSPS) is 11.8. The molecule has 0 saturated heterocycles. The molecule has 1 heterocycles. The number of aromatic nitrogens is 1. The van der Waals surface area contributed by atoms with E-state index in [9.17, 15) is 9.59 Å². The number of aromatic amines is 1. The lowest BCUT2D eigenvalue weighted by molar-refractivity contribution is 0.0939. The summed E-state index contributed by atoms with van der Waals surface area (Å²) in [6.45, 7) is 1.90. The first-order chi connectivity index (χ1) is 8.66. The first-order valence-electron chi connectivity index (χ1n) is 5.71. The predicted molar refractivity (Wildman–Crippen MR) is 69.4 cm³/mol. The van der Waals surface area contributed by atoms with Gasteiger partial charge in [0.25, 0.3) is 5.91 Å². The highest BCUT2D eigenvalue weighted by atomic mass is 16.2. The second kappa shape index (κ2) is 5.31. The van der Waals surface area contributed by atoms with Gasteiger partial charge in [0, 0.05) is 17.8 Å². The van der Waals surface area contributed by atoms with E-state index in [0.29, 0.717) is 5.56 Å². The molecule has 18 heavy (non-hydrogen) atoms. The van der Waals surface area contributed by atoms with Crippen LogP contribution in [0.5, 0.6) is 0 Å². The van der Waals surface area contributed by atoms with Gasteiger partial charge in [-0.15, -0.1) is 0 Å². The zero-order chi connectivity index (χ0) is 13.0. The van der Waals surface area contributed by atoms with Crippen LogP contribution in [0, 0.1) is 0 Å². The maximum absolute atomic E-state index is 11.9. The molecule has 1 amide bonds. The molecule has 2 rings (SSSR count). The van der Waals surface area contributed by atoms with E-state index in [1.54, 1.807) is 6.07 Å². The molecule has 0 saturated carbocycles. The van der Waals surface area contributed by atoms with Crippen molar-refractivity contribution in [2.75, 3.05) is 0 Å². The Morgan fingerprint density at radius 2 is 1.94 bits per heavy atom. The maximum Gasteiger partial charge on any atom is 0.252 e. The number of carbonyl (C=O) groups is 1. The van der Waals surface area contributed by atoms with E-state index in [1.807, 2.05) is 37.3 Å². The molecular formula is C14H14N2O2. The van der Waals surface area contributed by atoms with E-state index < -0.39 is 0 Å². The summed E-state index contributed by atoms with van der Waals surface area (Å²) >= 11 is 0. The predicted octanol–water partition coefficient (Wildman–Crippen LogP) is 1.87. The van der Waals surface area contributed by atoms with E-state index in [4.69, 9.17) is 0 Å². The monoisotopic (exact) mass is 242 g/mol. The maximum atomic E-state index is 11.9. The van der Waals surface area contributed by atoms with Gasteiger partial charge in [0.1, 0.15) is 0 Å². The summed E-state index contributed by atoms with van der Waals surface area (Å²) in [6, 6.07) is 12.4. The minimum atomic E-state index is -0.282.